The predicted octanol–water partition coefficient (Wildman–Crippen LogP) is 2.20. The van der Waals surface area contributed by atoms with E-state index in [0.717, 1.165) is 11.3 Å². The van der Waals surface area contributed by atoms with Gasteiger partial charge in [-0.3, -0.25) is 4.79 Å². The van der Waals surface area contributed by atoms with Crippen LogP contribution in [-0.4, -0.2) is 29.9 Å². The average Bonchev–Trinajstić information content (AvgIpc) is 2.66. The van der Waals surface area contributed by atoms with Crippen LogP contribution in [0.2, 0.25) is 0 Å². The Morgan fingerprint density at radius 2 is 2.24 bits per heavy atom. The van der Waals surface area contributed by atoms with E-state index in [4.69, 9.17) is 11.6 Å². The summed E-state index contributed by atoms with van der Waals surface area (Å²) in [7, 11) is 1.31. The highest BCUT2D eigenvalue weighted by molar-refractivity contribution is 7.17. The van der Waals surface area contributed by atoms with Crippen molar-refractivity contribution in [1.29, 1.82) is 0 Å². The van der Waals surface area contributed by atoms with E-state index >= 15 is 0 Å². The quantitative estimate of drug-likeness (QED) is 0.661. The number of aryl methyl sites for hydroxylation is 1. The molecule has 7 heteroatoms. The molecule has 0 bridgehead atoms. The van der Waals surface area contributed by atoms with Gasteiger partial charge in [-0.2, -0.15) is 0 Å². The number of methoxy groups -OCH3 is 1. The summed E-state index contributed by atoms with van der Waals surface area (Å²) in [6, 6.07) is 0. The fourth-order valence-electron chi connectivity index (χ4n) is 1.14. The molecule has 1 amide bonds. The number of amides is 1. The Kier molecular flexibility index (Phi) is 5.37. The number of alkyl halides is 1. The Bertz CT molecular complexity index is 420. The maximum atomic E-state index is 11.4. The smallest absolute Gasteiger partial charge is 0.350 e. The lowest BCUT2D eigenvalue weighted by Gasteiger charge is -1.98. The van der Waals surface area contributed by atoms with Gasteiger partial charge in [-0.15, -0.1) is 11.6 Å². The molecule has 0 radical (unpaired) electrons. The molecule has 0 atom stereocenters. The summed E-state index contributed by atoms with van der Waals surface area (Å²) < 4.78 is 4.60. The van der Waals surface area contributed by atoms with Gasteiger partial charge in [-0.05, 0) is 13.3 Å². The van der Waals surface area contributed by atoms with Gasteiger partial charge >= 0.3 is 5.97 Å². The van der Waals surface area contributed by atoms with Crippen LogP contribution in [0, 0.1) is 6.92 Å². The molecule has 0 saturated carbocycles. The molecule has 5 nitrogen and oxygen atoms in total. The summed E-state index contributed by atoms with van der Waals surface area (Å²) in [4.78, 5) is 27.2. The average molecular weight is 277 g/mol. The SMILES string of the molecule is COC(=O)c1sc(NC(=O)CCCCl)nc1C. The van der Waals surface area contributed by atoms with Gasteiger partial charge in [0.15, 0.2) is 5.13 Å². The number of nitrogens with zero attached hydrogens (tertiary/aromatic N) is 1. The Labute approximate surface area is 108 Å². The summed E-state index contributed by atoms with van der Waals surface area (Å²) in [5, 5.41) is 3.02. The molecule has 0 fully saturated rings. The summed E-state index contributed by atoms with van der Waals surface area (Å²) in [6.45, 7) is 1.69. The third kappa shape index (κ3) is 3.98. The van der Waals surface area contributed by atoms with Crippen LogP contribution in [0.25, 0.3) is 0 Å². The van der Waals surface area contributed by atoms with Crippen LogP contribution in [0.3, 0.4) is 0 Å². The molecule has 1 rings (SSSR count). The van der Waals surface area contributed by atoms with Crippen LogP contribution in [0.4, 0.5) is 5.13 Å². The third-order valence-electron chi connectivity index (χ3n) is 1.95. The van der Waals surface area contributed by atoms with Gasteiger partial charge in [0.1, 0.15) is 4.88 Å². The van der Waals surface area contributed by atoms with Gasteiger partial charge in [0.05, 0.1) is 12.8 Å². The normalized spacial score (nSPS) is 10.1. The van der Waals surface area contributed by atoms with Gasteiger partial charge in [-0.1, -0.05) is 11.3 Å². The number of hydrogen-bond donors (Lipinski definition) is 1. The van der Waals surface area contributed by atoms with Crippen molar-refractivity contribution in [3.8, 4) is 0 Å². The van der Waals surface area contributed by atoms with Crippen molar-refractivity contribution in [3.63, 3.8) is 0 Å². The second-order valence-corrected chi connectivity index (χ2v) is 4.64. The molecule has 94 valence electrons. The molecular formula is C10H13ClN2O3S. The van der Waals surface area contributed by atoms with Crippen LogP contribution < -0.4 is 5.32 Å². The van der Waals surface area contributed by atoms with E-state index in [1.165, 1.54) is 7.11 Å². The van der Waals surface area contributed by atoms with Crippen LogP contribution in [0.1, 0.15) is 28.2 Å². The van der Waals surface area contributed by atoms with Crippen molar-refractivity contribution in [3.05, 3.63) is 10.6 Å². The van der Waals surface area contributed by atoms with Crippen molar-refractivity contribution in [2.45, 2.75) is 19.8 Å². The molecular weight excluding hydrogens is 264 g/mol. The van der Waals surface area contributed by atoms with Crippen molar-refractivity contribution in [2.75, 3.05) is 18.3 Å². The lowest BCUT2D eigenvalue weighted by molar-refractivity contribution is -0.116. The first-order valence-electron chi connectivity index (χ1n) is 5.00. The number of thiazole rings is 1. The molecule has 1 aromatic rings. The van der Waals surface area contributed by atoms with E-state index in [2.05, 4.69) is 15.0 Å². The largest absolute Gasteiger partial charge is 0.465 e. The number of ether oxygens (including phenoxy) is 1. The number of carbonyl (C=O) groups is 2. The number of hydrogen-bond acceptors (Lipinski definition) is 5. The summed E-state index contributed by atoms with van der Waals surface area (Å²) in [5.41, 5.74) is 0.550. The number of aromatic nitrogens is 1. The monoisotopic (exact) mass is 276 g/mol. The molecule has 0 aliphatic heterocycles. The molecule has 1 aromatic heterocycles. The minimum atomic E-state index is -0.443. The first-order chi connectivity index (χ1) is 8.08. The van der Waals surface area contributed by atoms with Crippen LogP contribution in [0.15, 0.2) is 0 Å². The molecule has 0 saturated heterocycles. The summed E-state index contributed by atoms with van der Waals surface area (Å²) >= 11 is 6.59. The van der Waals surface area contributed by atoms with E-state index in [0.29, 0.717) is 34.4 Å². The molecule has 0 aliphatic rings. The zero-order chi connectivity index (χ0) is 12.8. The van der Waals surface area contributed by atoms with Crippen molar-refractivity contribution >= 4 is 39.9 Å². The van der Waals surface area contributed by atoms with Gasteiger partial charge < -0.3 is 10.1 Å². The summed E-state index contributed by atoms with van der Waals surface area (Å²) in [6.07, 6.45) is 0.956. The van der Waals surface area contributed by atoms with Crippen molar-refractivity contribution < 1.29 is 14.3 Å². The molecule has 0 aliphatic carbocycles. The van der Waals surface area contributed by atoms with E-state index < -0.39 is 5.97 Å². The lowest BCUT2D eigenvalue weighted by atomic mass is 10.3. The van der Waals surface area contributed by atoms with Gasteiger partial charge in [0, 0.05) is 12.3 Å². The van der Waals surface area contributed by atoms with Gasteiger partial charge in [-0.25, -0.2) is 9.78 Å². The maximum absolute atomic E-state index is 11.4. The lowest BCUT2D eigenvalue weighted by Crippen LogP contribution is -2.10. The molecule has 0 unspecified atom stereocenters. The standard InChI is InChI=1S/C10H13ClN2O3S/c1-6-8(9(15)16-2)17-10(12-6)13-7(14)4-3-5-11/h3-5H2,1-2H3,(H,12,13,14). The zero-order valence-electron chi connectivity index (χ0n) is 9.58. The fourth-order valence-corrected chi connectivity index (χ4v) is 2.18. The minimum Gasteiger partial charge on any atom is -0.465 e. The van der Waals surface area contributed by atoms with Gasteiger partial charge in [0.25, 0.3) is 0 Å². The molecule has 17 heavy (non-hydrogen) atoms. The van der Waals surface area contributed by atoms with Crippen molar-refractivity contribution in [2.24, 2.45) is 0 Å². The number of esters is 1. The summed E-state index contributed by atoms with van der Waals surface area (Å²) in [5.74, 6) is -0.158. The highest BCUT2D eigenvalue weighted by atomic mass is 35.5. The Hall–Kier alpha value is -1.14. The minimum absolute atomic E-state index is 0.157. The first kappa shape index (κ1) is 13.9. The highest BCUT2D eigenvalue weighted by Gasteiger charge is 2.16. The first-order valence-corrected chi connectivity index (χ1v) is 6.35. The second-order valence-electron chi connectivity index (χ2n) is 3.27. The van der Waals surface area contributed by atoms with Crippen molar-refractivity contribution in [1.82, 2.24) is 4.98 Å². The maximum Gasteiger partial charge on any atom is 0.350 e. The molecule has 1 heterocycles. The second kappa shape index (κ2) is 6.56. The van der Waals surface area contributed by atoms with Gasteiger partial charge in [0.2, 0.25) is 5.91 Å². The number of anilines is 1. The fraction of sp³-hybridized carbons (Fsp3) is 0.500. The topological polar surface area (TPSA) is 68.3 Å². The Balaban J connectivity index is 2.67. The highest BCUT2D eigenvalue weighted by Crippen LogP contribution is 2.23. The number of rotatable bonds is 5. The number of nitrogens with one attached hydrogen (secondary N) is 1. The number of carbonyl (C=O) groups excluding carboxylic acids is 2. The van der Waals surface area contributed by atoms with Crippen LogP contribution in [0.5, 0.6) is 0 Å². The van der Waals surface area contributed by atoms with E-state index in [1.54, 1.807) is 6.92 Å². The Morgan fingerprint density at radius 3 is 2.82 bits per heavy atom. The molecule has 1 N–H and O–H groups in total. The van der Waals surface area contributed by atoms with Crippen LogP contribution >= 0.6 is 22.9 Å². The predicted molar refractivity (Wildman–Crippen MR) is 66.8 cm³/mol. The van der Waals surface area contributed by atoms with Crippen LogP contribution in [-0.2, 0) is 9.53 Å². The Morgan fingerprint density at radius 1 is 1.53 bits per heavy atom. The molecule has 0 spiro atoms. The van der Waals surface area contributed by atoms with E-state index in [-0.39, 0.29) is 5.91 Å². The van der Waals surface area contributed by atoms with E-state index in [1.807, 2.05) is 0 Å². The van der Waals surface area contributed by atoms with E-state index in [9.17, 15) is 9.59 Å². The molecule has 0 aromatic carbocycles. The third-order valence-corrected chi connectivity index (χ3v) is 3.27. The number of halogens is 1. The zero-order valence-corrected chi connectivity index (χ0v) is 11.2.